The van der Waals surface area contributed by atoms with Gasteiger partial charge in [0.2, 0.25) is 5.91 Å². The van der Waals surface area contributed by atoms with E-state index in [1.54, 1.807) is 19.1 Å². The summed E-state index contributed by atoms with van der Waals surface area (Å²) in [5, 5.41) is 0. The molecule has 2 N–H and O–H groups in total. The quantitative estimate of drug-likeness (QED) is 0.856. The SMILES string of the molecule is CCC(N)(CC)C(=O)N(C)Cc1ccccc1OC. The molecule has 0 unspecified atom stereocenters. The molecule has 19 heavy (non-hydrogen) atoms. The number of methoxy groups -OCH3 is 1. The molecule has 4 nitrogen and oxygen atoms in total. The molecule has 0 fully saturated rings. The van der Waals surface area contributed by atoms with Gasteiger partial charge in [-0.05, 0) is 18.9 Å². The summed E-state index contributed by atoms with van der Waals surface area (Å²) in [6.07, 6.45) is 1.27. The molecule has 0 bridgehead atoms. The fourth-order valence-corrected chi connectivity index (χ4v) is 2.09. The van der Waals surface area contributed by atoms with Gasteiger partial charge in [-0.25, -0.2) is 0 Å². The minimum absolute atomic E-state index is 0.0246. The van der Waals surface area contributed by atoms with Crippen molar-refractivity contribution in [2.45, 2.75) is 38.8 Å². The minimum Gasteiger partial charge on any atom is -0.496 e. The highest BCUT2D eigenvalue weighted by molar-refractivity contribution is 5.85. The summed E-state index contributed by atoms with van der Waals surface area (Å²) in [5.41, 5.74) is 6.36. The Morgan fingerprint density at radius 3 is 2.42 bits per heavy atom. The summed E-state index contributed by atoms with van der Waals surface area (Å²) >= 11 is 0. The molecule has 1 rings (SSSR count). The van der Waals surface area contributed by atoms with Crippen LogP contribution >= 0.6 is 0 Å². The van der Waals surface area contributed by atoms with Crippen LogP contribution in [0.15, 0.2) is 24.3 Å². The van der Waals surface area contributed by atoms with E-state index in [4.69, 9.17) is 10.5 Å². The Labute approximate surface area is 115 Å². The van der Waals surface area contributed by atoms with Crippen LogP contribution in [0.3, 0.4) is 0 Å². The van der Waals surface area contributed by atoms with E-state index in [1.807, 2.05) is 38.1 Å². The van der Waals surface area contributed by atoms with E-state index in [9.17, 15) is 4.79 Å². The van der Waals surface area contributed by atoms with Crippen LogP contribution in [0, 0.1) is 0 Å². The third kappa shape index (κ3) is 3.47. The van der Waals surface area contributed by atoms with Crippen LogP contribution in [-0.4, -0.2) is 30.5 Å². The molecule has 0 aliphatic rings. The van der Waals surface area contributed by atoms with Crippen LogP contribution in [0.25, 0.3) is 0 Å². The highest BCUT2D eigenvalue weighted by Gasteiger charge is 2.32. The topological polar surface area (TPSA) is 55.6 Å². The van der Waals surface area contributed by atoms with Gasteiger partial charge in [-0.2, -0.15) is 0 Å². The first-order valence-corrected chi connectivity index (χ1v) is 6.64. The van der Waals surface area contributed by atoms with E-state index in [-0.39, 0.29) is 5.91 Å². The second kappa shape index (κ2) is 6.57. The monoisotopic (exact) mass is 264 g/mol. The normalized spacial score (nSPS) is 11.2. The molecular formula is C15H24N2O2. The lowest BCUT2D eigenvalue weighted by atomic mass is 9.92. The summed E-state index contributed by atoms with van der Waals surface area (Å²) < 4.78 is 5.30. The number of nitrogens with two attached hydrogens (primary N) is 1. The maximum Gasteiger partial charge on any atom is 0.242 e. The van der Waals surface area contributed by atoms with Gasteiger partial charge < -0.3 is 15.4 Å². The van der Waals surface area contributed by atoms with Crippen molar-refractivity contribution in [2.75, 3.05) is 14.2 Å². The van der Waals surface area contributed by atoms with Crippen molar-refractivity contribution in [3.63, 3.8) is 0 Å². The van der Waals surface area contributed by atoms with Gasteiger partial charge in [-0.1, -0.05) is 32.0 Å². The molecule has 4 heteroatoms. The van der Waals surface area contributed by atoms with Gasteiger partial charge >= 0.3 is 0 Å². The lowest BCUT2D eigenvalue weighted by Gasteiger charge is -2.31. The molecule has 0 aliphatic carbocycles. The highest BCUT2D eigenvalue weighted by atomic mass is 16.5. The third-order valence-electron chi connectivity index (χ3n) is 3.63. The molecule has 0 saturated carbocycles. The number of para-hydroxylation sites is 1. The molecule has 0 aromatic heterocycles. The first-order chi connectivity index (χ1) is 8.98. The Balaban J connectivity index is 2.85. The standard InChI is InChI=1S/C15H24N2O2/c1-5-15(16,6-2)14(18)17(3)11-12-9-7-8-10-13(12)19-4/h7-10H,5-6,11,16H2,1-4H3. The summed E-state index contributed by atoms with van der Waals surface area (Å²) in [6, 6.07) is 7.70. The zero-order valence-corrected chi connectivity index (χ0v) is 12.3. The van der Waals surface area contributed by atoms with Gasteiger partial charge in [-0.3, -0.25) is 4.79 Å². The maximum atomic E-state index is 12.4. The summed E-state index contributed by atoms with van der Waals surface area (Å²) in [4.78, 5) is 14.1. The Kier molecular flexibility index (Phi) is 5.36. The molecule has 0 aliphatic heterocycles. The van der Waals surface area contributed by atoms with Crippen molar-refractivity contribution in [3.8, 4) is 5.75 Å². The molecule has 0 heterocycles. The predicted octanol–water partition coefficient (Wildman–Crippen LogP) is 2.17. The largest absolute Gasteiger partial charge is 0.496 e. The Morgan fingerprint density at radius 2 is 1.89 bits per heavy atom. The van der Waals surface area contributed by atoms with Crippen LogP contribution in [0.2, 0.25) is 0 Å². The molecule has 0 saturated heterocycles. The van der Waals surface area contributed by atoms with Crippen LogP contribution in [0.4, 0.5) is 0 Å². The molecule has 1 amide bonds. The minimum atomic E-state index is -0.767. The molecular weight excluding hydrogens is 240 g/mol. The summed E-state index contributed by atoms with van der Waals surface area (Å²) in [5.74, 6) is 0.765. The number of hydrogen-bond acceptors (Lipinski definition) is 3. The van der Waals surface area contributed by atoms with Gasteiger partial charge in [0.05, 0.1) is 12.6 Å². The fraction of sp³-hybridized carbons (Fsp3) is 0.533. The third-order valence-corrected chi connectivity index (χ3v) is 3.63. The van der Waals surface area contributed by atoms with E-state index in [0.29, 0.717) is 19.4 Å². The number of hydrogen-bond donors (Lipinski definition) is 1. The van der Waals surface area contributed by atoms with E-state index in [0.717, 1.165) is 11.3 Å². The Hall–Kier alpha value is -1.55. The molecule has 1 aromatic rings. The average molecular weight is 264 g/mol. The predicted molar refractivity (Wildman–Crippen MR) is 77.0 cm³/mol. The molecule has 1 aromatic carbocycles. The molecule has 0 atom stereocenters. The number of carbonyl (C=O) groups excluding carboxylic acids is 1. The molecule has 0 radical (unpaired) electrons. The van der Waals surface area contributed by atoms with Crippen LogP contribution in [0.1, 0.15) is 32.3 Å². The van der Waals surface area contributed by atoms with Gasteiger partial charge in [0.1, 0.15) is 5.75 Å². The number of benzene rings is 1. The van der Waals surface area contributed by atoms with Crippen molar-refractivity contribution in [3.05, 3.63) is 29.8 Å². The fourth-order valence-electron chi connectivity index (χ4n) is 2.09. The summed E-state index contributed by atoms with van der Waals surface area (Å²) in [7, 11) is 3.41. The van der Waals surface area contributed by atoms with Gasteiger partial charge in [0, 0.05) is 19.2 Å². The lowest BCUT2D eigenvalue weighted by molar-refractivity contribution is -0.136. The van der Waals surface area contributed by atoms with Crippen LogP contribution in [0.5, 0.6) is 5.75 Å². The average Bonchev–Trinajstić information content (AvgIpc) is 2.46. The number of ether oxygens (including phenoxy) is 1. The van der Waals surface area contributed by atoms with Crippen molar-refractivity contribution in [2.24, 2.45) is 5.73 Å². The number of carbonyl (C=O) groups is 1. The van der Waals surface area contributed by atoms with Gasteiger partial charge in [0.15, 0.2) is 0 Å². The highest BCUT2D eigenvalue weighted by Crippen LogP contribution is 2.21. The smallest absolute Gasteiger partial charge is 0.242 e. The van der Waals surface area contributed by atoms with E-state index < -0.39 is 5.54 Å². The van der Waals surface area contributed by atoms with E-state index >= 15 is 0 Å². The van der Waals surface area contributed by atoms with Crippen LogP contribution < -0.4 is 10.5 Å². The van der Waals surface area contributed by atoms with E-state index in [2.05, 4.69) is 0 Å². The first-order valence-electron chi connectivity index (χ1n) is 6.64. The second-order valence-electron chi connectivity index (χ2n) is 4.84. The van der Waals surface area contributed by atoms with Gasteiger partial charge in [0.25, 0.3) is 0 Å². The lowest BCUT2D eigenvalue weighted by Crippen LogP contribution is -2.53. The van der Waals surface area contributed by atoms with Crippen molar-refractivity contribution in [1.29, 1.82) is 0 Å². The Morgan fingerprint density at radius 1 is 1.32 bits per heavy atom. The van der Waals surface area contributed by atoms with Crippen LogP contribution in [-0.2, 0) is 11.3 Å². The number of rotatable bonds is 6. The Bertz CT molecular complexity index is 428. The van der Waals surface area contributed by atoms with Crippen molar-refractivity contribution >= 4 is 5.91 Å². The second-order valence-corrected chi connectivity index (χ2v) is 4.84. The zero-order valence-electron chi connectivity index (χ0n) is 12.3. The number of likely N-dealkylation sites (N-methyl/N-ethyl adjacent to an activating group) is 1. The number of nitrogens with zero attached hydrogens (tertiary/aromatic N) is 1. The van der Waals surface area contributed by atoms with Crippen molar-refractivity contribution in [1.82, 2.24) is 4.90 Å². The maximum absolute atomic E-state index is 12.4. The van der Waals surface area contributed by atoms with Gasteiger partial charge in [-0.15, -0.1) is 0 Å². The van der Waals surface area contributed by atoms with E-state index in [1.165, 1.54) is 0 Å². The number of amides is 1. The molecule has 0 spiro atoms. The van der Waals surface area contributed by atoms with Crippen molar-refractivity contribution < 1.29 is 9.53 Å². The molecule has 106 valence electrons. The summed E-state index contributed by atoms with van der Waals surface area (Å²) in [6.45, 7) is 4.39. The first kappa shape index (κ1) is 15.5. The zero-order chi connectivity index (χ0) is 14.5.